The zero-order valence-corrected chi connectivity index (χ0v) is 10.1. The normalized spacial score (nSPS) is 13.5. The molecule has 13 heavy (non-hydrogen) atoms. The van der Waals surface area contributed by atoms with Gasteiger partial charge in [0.05, 0.1) is 0 Å². The molecule has 0 amide bonds. The highest BCUT2D eigenvalue weighted by molar-refractivity contribution is 5.11. The summed E-state index contributed by atoms with van der Waals surface area (Å²) in [5.74, 6) is 0. The van der Waals surface area contributed by atoms with Crippen LogP contribution in [0.25, 0.3) is 0 Å². The molecule has 0 rings (SSSR count). The van der Waals surface area contributed by atoms with E-state index in [-0.39, 0.29) is 0 Å². The van der Waals surface area contributed by atoms with E-state index in [0.717, 1.165) is 0 Å². The first-order valence-electron chi connectivity index (χ1n) is 5.78. The van der Waals surface area contributed by atoms with Gasteiger partial charge in [0, 0.05) is 0 Å². The fraction of sp³-hybridized carbons (Fsp3) is 0.846. The average molecular weight is 182 g/mol. The monoisotopic (exact) mass is 182 g/mol. The lowest BCUT2D eigenvalue weighted by Crippen LogP contribution is -2.13. The minimum Gasteiger partial charge on any atom is -0.0848 e. The second-order valence-electron chi connectivity index (χ2n) is 4.51. The van der Waals surface area contributed by atoms with E-state index in [1.165, 1.54) is 32.1 Å². The first kappa shape index (κ1) is 12.7. The predicted octanol–water partition coefficient (Wildman–Crippen LogP) is 4.95. The number of hydrogen-bond acceptors (Lipinski definition) is 0. The highest BCUT2D eigenvalue weighted by Crippen LogP contribution is 2.33. The first-order chi connectivity index (χ1) is 6.08. The molecule has 78 valence electrons. The van der Waals surface area contributed by atoms with Crippen LogP contribution >= 0.6 is 0 Å². The maximum Gasteiger partial charge on any atom is -0.0147 e. The van der Waals surface area contributed by atoms with Gasteiger partial charge in [0.25, 0.3) is 0 Å². The summed E-state index contributed by atoms with van der Waals surface area (Å²) in [6, 6.07) is 0. The van der Waals surface area contributed by atoms with Crippen molar-refractivity contribution < 1.29 is 0 Å². The van der Waals surface area contributed by atoms with Gasteiger partial charge < -0.3 is 0 Å². The van der Waals surface area contributed by atoms with Crippen LogP contribution in [0.4, 0.5) is 0 Å². The van der Waals surface area contributed by atoms with Crippen molar-refractivity contribution in [3.63, 3.8) is 0 Å². The molecule has 0 fully saturated rings. The van der Waals surface area contributed by atoms with Crippen molar-refractivity contribution in [2.24, 2.45) is 5.41 Å². The minimum atomic E-state index is 0.422. The lowest BCUT2D eigenvalue weighted by atomic mass is 9.79. The Balaban J connectivity index is 4.39. The van der Waals surface area contributed by atoms with Crippen LogP contribution in [-0.4, -0.2) is 0 Å². The molecule has 0 atom stereocenters. The van der Waals surface area contributed by atoms with Crippen molar-refractivity contribution in [1.29, 1.82) is 0 Å². The molecule has 0 aromatic carbocycles. The highest BCUT2D eigenvalue weighted by atomic mass is 14.2. The molecule has 0 N–H and O–H groups in total. The van der Waals surface area contributed by atoms with Crippen molar-refractivity contribution in [2.45, 2.75) is 66.7 Å². The van der Waals surface area contributed by atoms with Gasteiger partial charge in [-0.3, -0.25) is 0 Å². The zero-order chi connectivity index (χ0) is 10.3. The maximum absolute atomic E-state index is 2.47. The van der Waals surface area contributed by atoms with Crippen LogP contribution in [0.2, 0.25) is 0 Å². The molecule has 0 radical (unpaired) electrons. The fourth-order valence-electron chi connectivity index (χ4n) is 1.53. The van der Waals surface area contributed by atoms with Gasteiger partial charge >= 0.3 is 0 Å². The van der Waals surface area contributed by atoms with E-state index >= 15 is 0 Å². The Hall–Kier alpha value is -0.260. The van der Waals surface area contributed by atoms with E-state index in [1.807, 2.05) is 0 Å². The third-order valence-corrected chi connectivity index (χ3v) is 2.95. The molecule has 0 heterocycles. The summed E-state index contributed by atoms with van der Waals surface area (Å²) in [7, 11) is 0. The first-order valence-corrected chi connectivity index (χ1v) is 5.78. The van der Waals surface area contributed by atoms with E-state index in [2.05, 4.69) is 40.7 Å². The smallest absolute Gasteiger partial charge is 0.0147 e. The summed E-state index contributed by atoms with van der Waals surface area (Å²) in [6.07, 6.45) is 8.79. The molecule has 0 nitrogen and oxygen atoms in total. The van der Waals surface area contributed by atoms with E-state index in [0.29, 0.717) is 5.41 Å². The van der Waals surface area contributed by atoms with Crippen LogP contribution < -0.4 is 0 Å². The van der Waals surface area contributed by atoms with Crippen molar-refractivity contribution in [2.75, 3.05) is 0 Å². The van der Waals surface area contributed by atoms with Crippen molar-refractivity contribution >= 4 is 0 Å². The predicted molar refractivity (Wildman–Crippen MR) is 62.0 cm³/mol. The lowest BCUT2D eigenvalue weighted by Gasteiger charge is -2.27. The third-order valence-electron chi connectivity index (χ3n) is 2.95. The molecule has 0 unspecified atom stereocenters. The molecule has 0 spiro atoms. The van der Waals surface area contributed by atoms with Gasteiger partial charge in [-0.2, -0.15) is 0 Å². The van der Waals surface area contributed by atoms with Crippen LogP contribution in [0.5, 0.6) is 0 Å². The minimum absolute atomic E-state index is 0.422. The van der Waals surface area contributed by atoms with E-state index in [4.69, 9.17) is 0 Å². The molecule has 0 heteroatoms. The average Bonchev–Trinajstić information content (AvgIpc) is 2.12. The van der Waals surface area contributed by atoms with E-state index in [9.17, 15) is 0 Å². The fourth-order valence-corrected chi connectivity index (χ4v) is 1.53. The largest absolute Gasteiger partial charge is 0.0848 e. The lowest BCUT2D eigenvalue weighted by molar-refractivity contribution is 0.410. The van der Waals surface area contributed by atoms with Gasteiger partial charge in [0.1, 0.15) is 0 Å². The van der Waals surface area contributed by atoms with Crippen LogP contribution in [0.15, 0.2) is 11.6 Å². The molecule has 0 saturated heterocycles. The summed E-state index contributed by atoms with van der Waals surface area (Å²) in [6.45, 7) is 11.5. The Kier molecular flexibility index (Phi) is 6.11. The second-order valence-corrected chi connectivity index (χ2v) is 4.51. The Labute approximate surface area is 84.4 Å². The summed E-state index contributed by atoms with van der Waals surface area (Å²) in [5.41, 5.74) is 2.09. The van der Waals surface area contributed by atoms with E-state index in [1.54, 1.807) is 5.57 Å². The van der Waals surface area contributed by atoms with Crippen molar-refractivity contribution in [3.05, 3.63) is 11.6 Å². The standard InChI is InChI=1S/C13H26/c1-6-9-11-12(10-7-2)13(4,5)8-3/h11H,6-10H2,1-5H3. The molecule has 0 aromatic heterocycles. The summed E-state index contributed by atoms with van der Waals surface area (Å²) in [5, 5.41) is 0. The number of unbranched alkanes of at least 4 members (excludes halogenated alkanes) is 1. The summed E-state index contributed by atoms with van der Waals surface area (Å²) < 4.78 is 0. The number of hydrogen-bond donors (Lipinski definition) is 0. The van der Waals surface area contributed by atoms with Gasteiger partial charge in [-0.15, -0.1) is 0 Å². The van der Waals surface area contributed by atoms with Crippen LogP contribution in [-0.2, 0) is 0 Å². The van der Waals surface area contributed by atoms with Gasteiger partial charge in [0.15, 0.2) is 0 Å². The quantitative estimate of drug-likeness (QED) is 0.510. The molecule has 0 saturated carbocycles. The SMILES string of the molecule is CCCC=C(CCC)C(C)(C)CC. The Bertz CT molecular complexity index is 151. The molecule has 0 aromatic rings. The van der Waals surface area contributed by atoms with E-state index < -0.39 is 0 Å². The van der Waals surface area contributed by atoms with Crippen LogP contribution in [0.3, 0.4) is 0 Å². The third kappa shape index (κ3) is 4.50. The van der Waals surface area contributed by atoms with Crippen LogP contribution in [0, 0.1) is 5.41 Å². The summed E-state index contributed by atoms with van der Waals surface area (Å²) in [4.78, 5) is 0. The molecule has 0 bridgehead atoms. The Morgan fingerprint density at radius 3 is 2.08 bits per heavy atom. The second kappa shape index (κ2) is 6.23. The zero-order valence-electron chi connectivity index (χ0n) is 10.1. The topological polar surface area (TPSA) is 0 Å². The van der Waals surface area contributed by atoms with Gasteiger partial charge in [-0.25, -0.2) is 0 Å². The Morgan fingerprint density at radius 1 is 1.08 bits per heavy atom. The molecule has 0 aliphatic heterocycles. The van der Waals surface area contributed by atoms with Gasteiger partial charge in [-0.1, -0.05) is 59.1 Å². The van der Waals surface area contributed by atoms with Crippen LogP contribution in [0.1, 0.15) is 66.7 Å². The van der Waals surface area contributed by atoms with Gasteiger partial charge in [0.2, 0.25) is 0 Å². The molecular weight excluding hydrogens is 156 g/mol. The molecular formula is C13H26. The molecule has 0 aliphatic carbocycles. The Morgan fingerprint density at radius 2 is 1.69 bits per heavy atom. The number of allylic oxidation sites excluding steroid dienone is 2. The highest BCUT2D eigenvalue weighted by Gasteiger charge is 2.19. The molecule has 0 aliphatic rings. The maximum atomic E-state index is 2.47. The van der Waals surface area contributed by atoms with Crippen molar-refractivity contribution in [3.8, 4) is 0 Å². The summed E-state index contributed by atoms with van der Waals surface area (Å²) >= 11 is 0. The van der Waals surface area contributed by atoms with Gasteiger partial charge in [-0.05, 0) is 24.7 Å². The number of rotatable bonds is 6. The van der Waals surface area contributed by atoms with Crippen molar-refractivity contribution in [1.82, 2.24) is 0 Å².